The number of hydrogen-bond acceptors (Lipinski definition) is 5. The highest BCUT2D eigenvalue weighted by atomic mass is 31.2. The number of carbonyl (C=O) groups is 2. The third-order valence-corrected chi connectivity index (χ3v) is 10.2. The van der Waals surface area contributed by atoms with Gasteiger partial charge >= 0.3 is 7.82 Å². The van der Waals surface area contributed by atoms with E-state index in [0.29, 0.717) is 23.9 Å². The fourth-order valence-corrected chi connectivity index (χ4v) is 6.71. The summed E-state index contributed by atoms with van der Waals surface area (Å²) < 4.78 is 23.4. The van der Waals surface area contributed by atoms with Crippen LogP contribution in [0.1, 0.15) is 194 Å². The van der Waals surface area contributed by atoms with Gasteiger partial charge in [0.15, 0.2) is 0 Å². The molecular formula is C39H79NO6P+. The average molecular weight is 689 g/mol. The molecule has 1 unspecified atom stereocenters. The van der Waals surface area contributed by atoms with Gasteiger partial charge < -0.3 is 9.38 Å². The lowest BCUT2D eigenvalue weighted by atomic mass is 9.92. The van der Waals surface area contributed by atoms with Crippen molar-refractivity contribution >= 4 is 19.4 Å². The zero-order valence-electron chi connectivity index (χ0n) is 31.9. The number of rotatable bonds is 37. The van der Waals surface area contributed by atoms with Crippen molar-refractivity contribution in [1.29, 1.82) is 0 Å². The van der Waals surface area contributed by atoms with Crippen molar-refractivity contribution in [3.63, 3.8) is 0 Å². The van der Waals surface area contributed by atoms with Gasteiger partial charge in [-0.2, -0.15) is 0 Å². The Labute approximate surface area is 291 Å². The predicted octanol–water partition coefficient (Wildman–Crippen LogP) is 11.5. The molecule has 0 fully saturated rings. The summed E-state index contributed by atoms with van der Waals surface area (Å²) in [5.74, 6) is -1.33. The van der Waals surface area contributed by atoms with Crippen LogP contribution in [-0.4, -0.2) is 61.8 Å². The van der Waals surface area contributed by atoms with E-state index < -0.39 is 13.7 Å². The van der Waals surface area contributed by atoms with E-state index in [1.165, 1.54) is 128 Å². The van der Waals surface area contributed by atoms with Crippen LogP contribution in [0.25, 0.3) is 0 Å². The first-order valence-electron chi connectivity index (χ1n) is 20.0. The maximum absolute atomic E-state index is 13.2. The van der Waals surface area contributed by atoms with Gasteiger partial charge in [-0.05, 0) is 12.8 Å². The second-order valence-electron chi connectivity index (χ2n) is 15.1. The molecule has 0 saturated heterocycles. The molecule has 0 aliphatic carbocycles. The fraction of sp³-hybridized carbons (Fsp3) is 0.949. The second kappa shape index (κ2) is 31.4. The summed E-state index contributed by atoms with van der Waals surface area (Å²) in [5.41, 5.74) is 0. The first kappa shape index (κ1) is 46.4. The quantitative estimate of drug-likeness (QED) is 0.0302. The zero-order chi connectivity index (χ0) is 35.1. The van der Waals surface area contributed by atoms with Crippen LogP contribution in [-0.2, 0) is 23.2 Å². The van der Waals surface area contributed by atoms with Gasteiger partial charge in [-0.25, -0.2) is 4.57 Å². The molecule has 0 spiro atoms. The molecule has 0 aliphatic rings. The van der Waals surface area contributed by atoms with E-state index in [1.807, 2.05) is 21.1 Å². The van der Waals surface area contributed by atoms with Crippen LogP contribution in [0.2, 0.25) is 0 Å². The summed E-state index contributed by atoms with van der Waals surface area (Å²) in [7, 11) is 1.55. The number of Topliss-reactive ketones (excluding diaryl/α,β-unsaturated/α-hetero) is 2. The minimum atomic E-state index is -4.35. The van der Waals surface area contributed by atoms with Gasteiger partial charge in [0.1, 0.15) is 30.6 Å². The summed E-state index contributed by atoms with van der Waals surface area (Å²) in [5, 5.41) is 0. The number of unbranched alkanes of at least 4 members (excludes halogenated alkanes) is 24. The van der Waals surface area contributed by atoms with Crippen molar-refractivity contribution in [1.82, 2.24) is 0 Å². The number of phosphoric acid groups is 1. The van der Waals surface area contributed by atoms with E-state index in [1.54, 1.807) is 0 Å². The molecule has 0 heterocycles. The first-order chi connectivity index (χ1) is 22.5. The lowest BCUT2D eigenvalue weighted by Crippen LogP contribution is -2.37. The van der Waals surface area contributed by atoms with Crippen molar-refractivity contribution in [3.05, 3.63) is 0 Å². The summed E-state index contributed by atoms with van der Waals surface area (Å²) in [4.78, 5) is 36.5. The molecule has 47 heavy (non-hydrogen) atoms. The van der Waals surface area contributed by atoms with Gasteiger partial charge in [0.25, 0.3) is 0 Å². The van der Waals surface area contributed by atoms with Gasteiger partial charge in [-0.1, -0.05) is 168 Å². The average Bonchev–Trinajstić information content (AvgIpc) is 3.01. The van der Waals surface area contributed by atoms with Crippen molar-refractivity contribution < 1.29 is 32.6 Å². The molecule has 1 N–H and O–H groups in total. The Hall–Kier alpha value is -0.590. The number of carbonyl (C=O) groups excluding carboxylic acids is 2. The molecule has 7 nitrogen and oxygen atoms in total. The van der Waals surface area contributed by atoms with Crippen LogP contribution in [0, 0.1) is 5.92 Å². The van der Waals surface area contributed by atoms with Gasteiger partial charge in [-0.15, -0.1) is 0 Å². The maximum Gasteiger partial charge on any atom is 0.472 e. The summed E-state index contributed by atoms with van der Waals surface area (Å²) in [6.07, 6.45) is 32.6. The lowest BCUT2D eigenvalue weighted by Gasteiger charge is -2.24. The molecule has 0 bridgehead atoms. The van der Waals surface area contributed by atoms with Crippen LogP contribution in [0.5, 0.6) is 0 Å². The number of ketones is 2. The van der Waals surface area contributed by atoms with Gasteiger partial charge in [-0.3, -0.25) is 18.6 Å². The number of likely N-dealkylation sites (N-methyl/N-ethyl adjacent to an activating group) is 1. The third-order valence-electron chi connectivity index (χ3n) is 9.25. The standard InChI is InChI=1S/C39H78NO6P/c1-6-8-10-12-14-16-18-20-22-24-26-28-30-32-38(41)37(36-46-47(43,44)45-35-34-40(3,4)5)39(42)33-31-29-27-25-23-21-19-17-15-13-11-9-7-2/h37H,6-36H2,1-5H3/p+1. The smallest absolute Gasteiger partial charge is 0.329 e. The highest BCUT2D eigenvalue weighted by Gasteiger charge is 2.31. The number of hydrogen-bond donors (Lipinski definition) is 1. The number of quaternary nitrogens is 1. The van der Waals surface area contributed by atoms with Crippen LogP contribution >= 0.6 is 7.82 Å². The van der Waals surface area contributed by atoms with Crippen molar-refractivity contribution in [2.24, 2.45) is 5.92 Å². The van der Waals surface area contributed by atoms with E-state index in [0.717, 1.165) is 38.5 Å². The Morgan fingerprint density at radius 1 is 0.532 bits per heavy atom. The van der Waals surface area contributed by atoms with Crippen LogP contribution < -0.4 is 0 Å². The number of phosphoric ester groups is 1. The SMILES string of the molecule is CCCCCCCCCCCCCCCC(=O)C(COP(=O)(O)OCC[N+](C)(C)C)C(=O)CCCCCCCCCCCCCCC. The van der Waals surface area contributed by atoms with E-state index in [9.17, 15) is 19.0 Å². The molecule has 0 aromatic carbocycles. The highest BCUT2D eigenvalue weighted by Crippen LogP contribution is 2.43. The molecular weight excluding hydrogens is 609 g/mol. The number of nitrogens with zero attached hydrogens (tertiary/aromatic N) is 1. The molecule has 0 aromatic rings. The minimum Gasteiger partial charge on any atom is -0.329 e. The highest BCUT2D eigenvalue weighted by molar-refractivity contribution is 7.47. The van der Waals surface area contributed by atoms with Gasteiger partial charge in [0.2, 0.25) is 0 Å². The maximum atomic E-state index is 13.2. The molecule has 0 aliphatic heterocycles. The van der Waals surface area contributed by atoms with E-state index >= 15 is 0 Å². The summed E-state index contributed by atoms with van der Waals surface area (Å²) >= 11 is 0. The van der Waals surface area contributed by atoms with Crippen molar-refractivity contribution in [3.8, 4) is 0 Å². The van der Waals surface area contributed by atoms with Gasteiger partial charge in [0, 0.05) is 12.8 Å². The van der Waals surface area contributed by atoms with Crippen LogP contribution in [0.4, 0.5) is 0 Å². The lowest BCUT2D eigenvalue weighted by molar-refractivity contribution is -0.870. The van der Waals surface area contributed by atoms with E-state index in [-0.39, 0.29) is 24.8 Å². The fourth-order valence-electron chi connectivity index (χ4n) is 5.98. The Morgan fingerprint density at radius 3 is 1.13 bits per heavy atom. The van der Waals surface area contributed by atoms with Crippen molar-refractivity contribution in [2.45, 2.75) is 194 Å². The Balaban J connectivity index is 4.45. The summed E-state index contributed by atoms with van der Waals surface area (Å²) in [6, 6.07) is 0. The molecule has 0 aromatic heterocycles. The minimum absolute atomic E-state index is 0.0573. The molecule has 0 radical (unpaired) electrons. The predicted molar refractivity (Wildman–Crippen MR) is 199 cm³/mol. The van der Waals surface area contributed by atoms with Gasteiger partial charge in [0.05, 0.1) is 27.7 Å². The topological polar surface area (TPSA) is 89.9 Å². The normalized spacial score (nSPS) is 13.3. The first-order valence-corrected chi connectivity index (χ1v) is 21.5. The zero-order valence-corrected chi connectivity index (χ0v) is 32.8. The molecule has 8 heteroatoms. The largest absolute Gasteiger partial charge is 0.472 e. The Kier molecular flexibility index (Phi) is 31.0. The van der Waals surface area contributed by atoms with Crippen molar-refractivity contribution in [2.75, 3.05) is 40.9 Å². The van der Waals surface area contributed by atoms with E-state index in [4.69, 9.17) is 9.05 Å². The molecule has 0 rings (SSSR count). The monoisotopic (exact) mass is 689 g/mol. The Bertz CT molecular complexity index is 742. The Morgan fingerprint density at radius 2 is 0.830 bits per heavy atom. The molecule has 280 valence electrons. The van der Waals surface area contributed by atoms with E-state index in [2.05, 4.69) is 13.8 Å². The molecule has 1 atom stereocenters. The third kappa shape index (κ3) is 32.4. The van der Waals surface area contributed by atoms with Crippen LogP contribution in [0.3, 0.4) is 0 Å². The molecule has 0 saturated carbocycles. The molecule has 0 amide bonds. The second-order valence-corrected chi connectivity index (χ2v) is 16.5. The summed E-state index contributed by atoms with van der Waals surface area (Å²) in [6.45, 7) is 4.72. The van der Waals surface area contributed by atoms with Crippen LogP contribution in [0.15, 0.2) is 0 Å².